The number of nitro benzene ring substituents is 1. The summed E-state index contributed by atoms with van der Waals surface area (Å²) in [7, 11) is 0. The molecule has 4 aromatic rings. The monoisotopic (exact) mass is 525 g/mol. The van der Waals surface area contributed by atoms with Crippen molar-refractivity contribution in [2.45, 2.75) is 13.8 Å². The van der Waals surface area contributed by atoms with Crippen LogP contribution in [0.3, 0.4) is 0 Å². The van der Waals surface area contributed by atoms with Gasteiger partial charge in [0.1, 0.15) is 0 Å². The highest BCUT2D eigenvalue weighted by molar-refractivity contribution is 6.42. The average molecular weight is 526 g/mol. The molecule has 0 saturated carbocycles. The molecule has 1 amide bonds. The molecule has 36 heavy (non-hydrogen) atoms. The Morgan fingerprint density at radius 1 is 1.06 bits per heavy atom. The van der Waals surface area contributed by atoms with E-state index in [4.69, 9.17) is 27.9 Å². The Balaban J connectivity index is 1.59. The first kappa shape index (κ1) is 25.2. The maximum atomic E-state index is 12.5. The molecule has 0 aliphatic rings. The van der Waals surface area contributed by atoms with Crippen LogP contribution in [0.1, 0.15) is 24.2 Å². The van der Waals surface area contributed by atoms with E-state index >= 15 is 0 Å². The Labute approximate surface area is 216 Å². The van der Waals surface area contributed by atoms with Crippen molar-refractivity contribution in [3.8, 4) is 23.1 Å². The van der Waals surface area contributed by atoms with E-state index in [0.717, 1.165) is 0 Å². The number of nitrogens with zero attached hydrogens (tertiary/aromatic N) is 4. The van der Waals surface area contributed by atoms with Crippen LogP contribution < -0.4 is 10.1 Å². The predicted octanol–water partition coefficient (Wildman–Crippen LogP) is 6.44. The van der Waals surface area contributed by atoms with Gasteiger partial charge in [-0.2, -0.15) is 4.98 Å². The van der Waals surface area contributed by atoms with E-state index in [1.165, 1.54) is 24.3 Å². The zero-order valence-corrected chi connectivity index (χ0v) is 20.8. The molecule has 1 N–H and O–H groups in total. The van der Waals surface area contributed by atoms with E-state index in [9.17, 15) is 14.9 Å². The average Bonchev–Trinajstić information content (AvgIpc) is 3.29. The zero-order valence-electron chi connectivity index (χ0n) is 19.3. The summed E-state index contributed by atoms with van der Waals surface area (Å²) in [6, 6.07) is 17.7. The molecule has 0 spiro atoms. The number of benzene rings is 3. The molecule has 0 bridgehead atoms. The lowest BCUT2D eigenvalue weighted by molar-refractivity contribution is -0.384. The van der Waals surface area contributed by atoms with E-state index in [2.05, 4.69) is 15.4 Å². The molecule has 184 valence electrons. The molecule has 4 rings (SSSR count). The second kappa shape index (κ2) is 10.8. The quantitative estimate of drug-likeness (QED) is 0.209. The summed E-state index contributed by atoms with van der Waals surface area (Å²) >= 11 is 12.3. The molecule has 0 aliphatic heterocycles. The molecule has 1 heterocycles. The van der Waals surface area contributed by atoms with Crippen molar-refractivity contribution in [3.05, 3.63) is 92.5 Å². The van der Waals surface area contributed by atoms with Crippen LogP contribution in [0, 0.1) is 16.0 Å². The number of hydrogen-bond donors (Lipinski definition) is 1. The van der Waals surface area contributed by atoms with Gasteiger partial charge < -0.3 is 10.1 Å². The minimum absolute atomic E-state index is 0.0849. The van der Waals surface area contributed by atoms with Crippen LogP contribution >= 0.6 is 23.2 Å². The van der Waals surface area contributed by atoms with E-state index in [0.29, 0.717) is 50.9 Å². The van der Waals surface area contributed by atoms with E-state index in [-0.39, 0.29) is 17.6 Å². The number of carbonyl (C=O) groups is 1. The summed E-state index contributed by atoms with van der Waals surface area (Å²) in [5.41, 5.74) is 2.13. The maximum absolute atomic E-state index is 12.5. The lowest BCUT2D eigenvalue weighted by Crippen LogP contribution is -2.12. The number of nitrogens with one attached hydrogen (secondary N) is 1. The fourth-order valence-corrected chi connectivity index (χ4v) is 3.52. The van der Waals surface area contributed by atoms with Gasteiger partial charge in [0.05, 0.1) is 27.3 Å². The van der Waals surface area contributed by atoms with Gasteiger partial charge in [-0.05, 0) is 60.5 Å². The highest BCUT2D eigenvalue weighted by atomic mass is 35.5. The molecule has 0 atom stereocenters. The summed E-state index contributed by atoms with van der Waals surface area (Å²) in [4.78, 5) is 27.4. The van der Waals surface area contributed by atoms with Crippen LogP contribution in [0.4, 0.5) is 11.4 Å². The normalized spacial score (nSPS) is 10.9. The van der Waals surface area contributed by atoms with Crippen molar-refractivity contribution in [1.82, 2.24) is 14.8 Å². The predicted molar refractivity (Wildman–Crippen MR) is 138 cm³/mol. The molecule has 0 unspecified atom stereocenters. The molecule has 3 aromatic carbocycles. The molecular weight excluding hydrogens is 505 g/mol. The number of ether oxygens (including phenoxy) is 1. The lowest BCUT2D eigenvalue weighted by Gasteiger charge is -2.09. The highest BCUT2D eigenvalue weighted by Gasteiger charge is 2.17. The largest absolute Gasteiger partial charge is 0.462 e. The van der Waals surface area contributed by atoms with Gasteiger partial charge in [0, 0.05) is 28.9 Å². The number of hydrogen-bond acceptors (Lipinski definition) is 6. The van der Waals surface area contributed by atoms with Crippen LogP contribution in [0.25, 0.3) is 17.1 Å². The molecule has 0 radical (unpaired) electrons. The SMILES string of the molecule is CC(C)COc1nc(-c2ccc(Cl)c(Cl)c2)n(-c2ccc(NC(=O)c3ccc([N+](=O)[O-])cc3)cc2)n1. The maximum Gasteiger partial charge on any atom is 0.336 e. The number of nitro groups is 1. The third kappa shape index (κ3) is 5.81. The van der Waals surface area contributed by atoms with Crippen molar-refractivity contribution < 1.29 is 14.5 Å². The Morgan fingerprint density at radius 2 is 1.75 bits per heavy atom. The minimum Gasteiger partial charge on any atom is -0.462 e. The van der Waals surface area contributed by atoms with Crippen LogP contribution in [-0.2, 0) is 0 Å². The summed E-state index contributed by atoms with van der Waals surface area (Å²) in [6.45, 7) is 4.51. The molecule has 9 nitrogen and oxygen atoms in total. The van der Waals surface area contributed by atoms with Crippen molar-refractivity contribution in [1.29, 1.82) is 0 Å². The molecular formula is C25H21Cl2N5O4. The van der Waals surface area contributed by atoms with E-state index in [1.807, 2.05) is 13.8 Å². The third-order valence-electron chi connectivity index (χ3n) is 5.02. The molecule has 1 aromatic heterocycles. The van der Waals surface area contributed by atoms with Crippen LogP contribution in [0.2, 0.25) is 10.0 Å². The summed E-state index contributed by atoms with van der Waals surface area (Å²) < 4.78 is 7.36. The van der Waals surface area contributed by atoms with Crippen molar-refractivity contribution in [3.63, 3.8) is 0 Å². The summed E-state index contributed by atoms with van der Waals surface area (Å²) in [6.07, 6.45) is 0. The fourth-order valence-electron chi connectivity index (χ4n) is 3.22. The fraction of sp³-hybridized carbons (Fsp3) is 0.160. The van der Waals surface area contributed by atoms with Crippen molar-refractivity contribution in [2.75, 3.05) is 11.9 Å². The van der Waals surface area contributed by atoms with E-state index < -0.39 is 4.92 Å². The topological polar surface area (TPSA) is 112 Å². The minimum atomic E-state index is -0.518. The number of halogens is 2. The Morgan fingerprint density at radius 3 is 2.36 bits per heavy atom. The molecule has 0 saturated heterocycles. The lowest BCUT2D eigenvalue weighted by atomic mass is 10.2. The first-order chi connectivity index (χ1) is 17.2. The Kier molecular flexibility index (Phi) is 7.52. The van der Waals surface area contributed by atoms with Crippen LogP contribution in [0.5, 0.6) is 6.01 Å². The number of amides is 1. The second-order valence-corrected chi connectivity index (χ2v) is 9.08. The van der Waals surface area contributed by atoms with Gasteiger partial charge in [-0.25, -0.2) is 4.68 Å². The van der Waals surface area contributed by atoms with Gasteiger partial charge in [-0.1, -0.05) is 37.0 Å². The third-order valence-corrected chi connectivity index (χ3v) is 5.76. The smallest absolute Gasteiger partial charge is 0.336 e. The second-order valence-electron chi connectivity index (χ2n) is 8.27. The number of rotatable bonds is 8. The van der Waals surface area contributed by atoms with Gasteiger partial charge in [-0.3, -0.25) is 14.9 Å². The summed E-state index contributed by atoms with van der Waals surface area (Å²) in [5, 5.41) is 18.9. The van der Waals surface area contributed by atoms with Gasteiger partial charge in [0.25, 0.3) is 11.6 Å². The van der Waals surface area contributed by atoms with Gasteiger partial charge in [0.2, 0.25) is 0 Å². The standard InChI is InChI=1S/C25H21Cl2N5O4/c1-15(2)14-36-25-29-23(17-5-12-21(26)22(27)13-17)31(30-25)19-10-6-18(7-11-19)28-24(33)16-3-8-20(9-4-16)32(34)35/h3-13,15H,14H2,1-2H3,(H,28,33). The zero-order chi connectivity index (χ0) is 25.8. The van der Waals surface area contributed by atoms with E-state index in [1.54, 1.807) is 47.1 Å². The summed E-state index contributed by atoms with van der Waals surface area (Å²) in [5.74, 6) is 0.415. The van der Waals surface area contributed by atoms with Gasteiger partial charge >= 0.3 is 6.01 Å². The molecule has 11 heteroatoms. The number of aromatic nitrogens is 3. The number of anilines is 1. The first-order valence-electron chi connectivity index (χ1n) is 10.9. The Hall–Kier alpha value is -3.95. The first-order valence-corrected chi connectivity index (χ1v) is 11.7. The highest BCUT2D eigenvalue weighted by Crippen LogP contribution is 2.30. The number of non-ortho nitro benzene ring substituents is 1. The van der Waals surface area contributed by atoms with Crippen molar-refractivity contribution >= 4 is 40.5 Å². The van der Waals surface area contributed by atoms with Gasteiger partial charge in [0.15, 0.2) is 5.82 Å². The van der Waals surface area contributed by atoms with Crippen LogP contribution in [0.15, 0.2) is 66.7 Å². The Bertz CT molecular complexity index is 1400. The number of carbonyl (C=O) groups excluding carboxylic acids is 1. The molecule has 0 fully saturated rings. The molecule has 0 aliphatic carbocycles. The van der Waals surface area contributed by atoms with Crippen LogP contribution in [-0.4, -0.2) is 32.2 Å². The van der Waals surface area contributed by atoms with Gasteiger partial charge in [-0.15, -0.1) is 5.10 Å². The van der Waals surface area contributed by atoms with Crippen molar-refractivity contribution in [2.24, 2.45) is 5.92 Å².